The Labute approximate surface area is 145 Å². The molecule has 0 aromatic carbocycles. The second-order valence-corrected chi connectivity index (χ2v) is 12.9. The lowest BCUT2D eigenvalue weighted by Gasteiger charge is -2.42. The van der Waals surface area contributed by atoms with E-state index in [4.69, 9.17) is 9.16 Å². The lowest BCUT2D eigenvalue weighted by Crippen LogP contribution is -2.56. The molecule has 1 N–H and O–H groups in total. The van der Waals surface area contributed by atoms with Gasteiger partial charge in [0.2, 0.25) is 0 Å². The SMILES string of the molecule is CCOC(=O)C1N=NN2[C@H](CO[Si](C)(C)C(C)(C)C)[C@@H](O)CC[C@@H]12. The number of aliphatic hydroxyl groups is 1. The second-order valence-electron chi connectivity index (χ2n) is 8.13. The predicted octanol–water partition coefficient (Wildman–Crippen LogP) is 2.51. The zero-order valence-corrected chi connectivity index (χ0v) is 16.7. The molecule has 1 fully saturated rings. The molecule has 8 heteroatoms. The van der Waals surface area contributed by atoms with Crippen LogP contribution >= 0.6 is 0 Å². The number of fused-ring (bicyclic) bond motifs is 1. The van der Waals surface area contributed by atoms with Crippen molar-refractivity contribution < 1.29 is 19.1 Å². The van der Waals surface area contributed by atoms with Gasteiger partial charge in [-0.2, -0.15) is 5.11 Å². The molecule has 4 atom stereocenters. The first-order valence-electron chi connectivity index (χ1n) is 8.76. The van der Waals surface area contributed by atoms with Crippen LogP contribution in [0.1, 0.15) is 40.5 Å². The van der Waals surface area contributed by atoms with Gasteiger partial charge in [-0.25, -0.2) is 4.79 Å². The summed E-state index contributed by atoms with van der Waals surface area (Å²) in [4.78, 5) is 12.0. The van der Waals surface area contributed by atoms with Crippen LogP contribution in [0, 0.1) is 0 Å². The van der Waals surface area contributed by atoms with Crippen LogP contribution in [0.2, 0.25) is 18.1 Å². The topological polar surface area (TPSA) is 83.7 Å². The van der Waals surface area contributed by atoms with E-state index < -0.39 is 20.5 Å². The molecule has 0 bridgehead atoms. The standard InChI is InChI=1S/C16H31N3O4Si/c1-7-22-15(21)14-11-8-9-13(20)12(19(11)18-17-14)10-23-24(5,6)16(2,3)4/h11-14,20H,7-10H2,1-6H3/t11-,12+,13-,14?/m0/s1. The molecule has 0 spiro atoms. The highest BCUT2D eigenvalue weighted by Crippen LogP contribution is 2.38. The highest BCUT2D eigenvalue weighted by atomic mass is 28.4. The average Bonchev–Trinajstić information content (AvgIpc) is 2.89. The molecule has 2 aliphatic rings. The van der Waals surface area contributed by atoms with Gasteiger partial charge in [0, 0.05) is 0 Å². The number of rotatable bonds is 5. The predicted molar refractivity (Wildman–Crippen MR) is 93.1 cm³/mol. The van der Waals surface area contributed by atoms with Crippen LogP contribution in [-0.4, -0.2) is 61.8 Å². The Bertz CT molecular complexity index is 492. The van der Waals surface area contributed by atoms with Gasteiger partial charge in [0.25, 0.3) is 0 Å². The number of nitrogens with zero attached hydrogens (tertiary/aromatic N) is 3. The molecular weight excluding hydrogens is 326 g/mol. The van der Waals surface area contributed by atoms with Crippen molar-refractivity contribution in [2.75, 3.05) is 13.2 Å². The number of carbonyl (C=O) groups is 1. The lowest BCUT2D eigenvalue weighted by atomic mass is 9.91. The van der Waals surface area contributed by atoms with Gasteiger partial charge < -0.3 is 14.3 Å². The lowest BCUT2D eigenvalue weighted by molar-refractivity contribution is -0.146. The van der Waals surface area contributed by atoms with Gasteiger partial charge in [-0.15, -0.1) is 0 Å². The van der Waals surface area contributed by atoms with Crippen LogP contribution < -0.4 is 0 Å². The van der Waals surface area contributed by atoms with Crippen LogP contribution in [-0.2, 0) is 14.0 Å². The van der Waals surface area contributed by atoms with E-state index in [-0.39, 0.29) is 23.1 Å². The Morgan fingerprint density at radius 2 is 2.00 bits per heavy atom. The normalized spacial score (nSPS) is 30.4. The van der Waals surface area contributed by atoms with Gasteiger partial charge in [0.15, 0.2) is 14.4 Å². The molecule has 2 rings (SSSR count). The highest BCUT2D eigenvalue weighted by Gasteiger charge is 2.48. The van der Waals surface area contributed by atoms with Crippen molar-refractivity contribution in [3.63, 3.8) is 0 Å². The first-order chi connectivity index (χ1) is 11.1. The van der Waals surface area contributed by atoms with Crippen molar-refractivity contribution in [1.29, 1.82) is 0 Å². The smallest absolute Gasteiger partial charge is 0.335 e. The van der Waals surface area contributed by atoms with Crippen molar-refractivity contribution in [3.8, 4) is 0 Å². The Balaban J connectivity index is 2.06. The quantitative estimate of drug-likeness (QED) is 0.604. The monoisotopic (exact) mass is 357 g/mol. The van der Waals surface area contributed by atoms with Gasteiger partial charge in [-0.1, -0.05) is 26.0 Å². The van der Waals surface area contributed by atoms with Crippen molar-refractivity contribution in [3.05, 3.63) is 0 Å². The van der Waals surface area contributed by atoms with Crippen molar-refractivity contribution in [2.24, 2.45) is 10.3 Å². The van der Waals surface area contributed by atoms with Crippen LogP contribution in [0.15, 0.2) is 10.3 Å². The fourth-order valence-corrected chi connectivity index (χ4v) is 3.87. The number of hydrogen-bond donors (Lipinski definition) is 1. The maximum atomic E-state index is 12.0. The van der Waals surface area contributed by atoms with Gasteiger partial charge >= 0.3 is 5.97 Å². The van der Waals surface area contributed by atoms with Crippen LogP contribution in [0.5, 0.6) is 0 Å². The summed E-state index contributed by atoms with van der Waals surface area (Å²) in [6.45, 7) is 13.4. The Hall–Kier alpha value is -0.993. The summed E-state index contributed by atoms with van der Waals surface area (Å²) in [7, 11) is -1.92. The van der Waals surface area contributed by atoms with Gasteiger partial charge in [0.05, 0.1) is 31.4 Å². The zero-order valence-electron chi connectivity index (χ0n) is 15.7. The van der Waals surface area contributed by atoms with E-state index in [0.29, 0.717) is 26.1 Å². The molecule has 0 aliphatic carbocycles. The Morgan fingerprint density at radius 1 is 1.33 bits per heavy atom. The largest absolute Gasteiger partial charge is 0.464 e. The summed E-state index contributed by atoms with van der Waals surface area (Å²) < 4.78 is 11.4. The van der Waals surface area contributed by atoms with Crippen LogP contribution in [0.25, 0.3) is 0 Å². The van der Waals surface area contributed by atoms with Crippen molar-refractivity contribution in [2.45, 2.75) is 82.9 Å². The van der Waals surface area contributed by atoms with E-state index in [9.17, 15) is 9.90 Å². The molecule has 0 amide bonds. The number of carbonyl (C=O) groups excluding carboxylic acids is 1. The minimum Gasteiger partial charge on any atom is -0.464 e. The second kappa shape index (κ2) is 7.09. The summed E-state index contributed by atoms with van der Waals surface area (Å²) in [6.07, 6.45) is 0.771. The summed E-state index contributed by atoms with van der Waals surface area (Å²) in [6, 6.07) is -0.991. The van der Waals surface area contributed by atoms with Gasteiger partial charge in [0.1, 0.15) is 0 Å². The maximum absolute atomic E-state index is 12.0. The van der Waals surface area contributed by atoms with E-state index >= 15 is 0 Å². The third kappa shape index (κ3) is 3.81. The van der Waals surface area contributed by atoms with Crippen LogP contribution in [0.4, 0.5) is 0 Å². The molecule has 7 nitrogen and oxygen atoms in total. The van der Waals surface area contributed by atoms with E-state index in [1.54, 1.807) is 11.9 Å². The van der Waals surface area contributed by atoms with E-state index in [1.807, 2.05) is 0 Å². The van der Waals surface area contributed by atoms with Crippen molar-refractivity contribution >= 4 is 14.3 Å². The molecule has 0 aromatic heterocycles. The summed E-state index contributed by atoms with van der Waals surface area (Å²) >= 11 is 0. The molecule has 138 valence electrons. The summed E-state index contributed by atoms with van der Waals surface area (Å²) in [5, 5.41) is 20.6. The van der Waals surface area contributed by atoms with Crippen molar-refractivity contribution in [1.82, 2.24) is 5.01 Å². The minimum absolute atomic E-state index is 0.103. The zero-order chi connectivity index (χ0) is 18.1. The number of esters is 1. The van der Waals surface area contributed by atoms with Crippen LogP contribution in [0.3, 0.4) is 0 Å². The van der Waals surface area contributed by atoms with Gasteiger partial charge in [-0.3, -0.25) is 5.01 Å². The molecule has 1 saturated heterocycles. The molecule has 0 saturated carbocycles. The molecule has 0 radical (unpaired) electrons. The number of hydrogen-bond acceptors (Lipinski definition) is 7. The average molecular weight is 358 g/mol. The fourth-order valence-electron chi connectivity index (χ4n) is 2.85. The minimum atomic E-state index is -1.92. The van der Waals surface area contributed by atoms with E-state index in [2.05, 4.69) is 44.2 Å². The highest BCUT2D eigenvalue weighted by molar-refractivity contribution is 6.74. The maximum Gasteiger partial charge on any atom is 0.335 e. The third-order valence-electron chi connectivity index (χ3n) is 5.47. The fraction of sp³-hybridized carbons (Fsp3) is 0.938. The Kier molecular flexibility index (Phi) is 5.71. The first-order valence-corrected chi connectivity index (χ1v) is 11.7. The molecule has 2 aliphatic heterocycles. The van der Waals surface area contributed by atoms with Gasteiger partial charge in [-0.05, 0) is 37.9 Å². The van der Waals surface area contributed by atoms with E-state index in [0.717, 1.165) is 0 Å². The number of ether oxygens (including phenoxy) is 1. The summed E-state index contributed by atoms with van der Waals surface area (Å²) in [5.41, 5.74) is 0. The number of piperidine rings is 1. The molecular formula is C16H31N3O4Si. The third-order valence-corrected chi connectivity index (χ3v) is 9.98. The molecule has 24 heavy (non-hydrogen) atoms. The van der Waals surface area contributed by atoms with E-state index in [1.165, 1.54) is 0 Å². The summed E-state index contributed by atoms with van der Waals surface area (Å²) in [5.74, 6) is -0.339. The molecule has 1 unspecified atom stereocenters. The molecule has 0 aromatic rings. The molecule has 2 heterocycles. The Morgan fingerprint density at radius 3 is 2.58 bits per heavy atom. The number of aliphatic hydroxyl groups excluding tert-OH is 1. The first kappa shape index (κ1) is 19.3.